The van der Waals surface area contributed by atoms with Crippen LogP contribution in [0.25, 0.3) is 11.3 Å². The van der Waals surface area contributed by atoms with Crippen molar-refractivity contribution in [2.45, 2.75) is 13.0 Å². The zero-order chi connectivity index (χ0) is 17.1. The topological polar surface area (TPSA) is 55.1 Å². The number of nitrogens with one attached hydrogen (secondary N) is 1. The highest BCUT2D eigenvalue weighted by Gasteiger charge is 2.17. The van der Waals surface area contributed by atoms with E-state index in [1.807, 2.05) is 0 Å². The molecule has 4 nitrogen and oxygen atoms in total. The summed E-state index contributed by atoms with van der Waals surface area (Å²) in [5, 5.41) is 2.69. The number of oxazole rings is 1. The number of carbonyl (C=O) groups excluding carboxylic acids is 1. The molecular weight excluding hydrogens is 314 g/mol. The first-order chi connectivity index (χ1) is 11.5. The molecule has 0 aliphatic carbocycles. The van der Waals surface area contributed by atoms with Gasteiger partial charge in [0.15, 0.2) is 5.76 Å². The minimum absolute atomic E-state index is 0.215. The van der Waals surface area contributed by atoms with Gasteiger partial charge in [-0.15, -0.1) is 0 Å². The highest BCUT2D eigenvalue weighted by molar-refractivity contribution is 5.94. The maximum absolute atomic E-state index is 13.2. The lowest BCUT2D eigenvalue weighted by Gasteiger charge is -2.10. The molecular formula is C18H14F2N2O2. The number of hydrogen-bond donors (Lipinski definition) is 1. The van der Waals surface area contributed by atoms with Crippen LogP contribution in [0.2, 0.25) is 0 Å². The first kappa shape index (κ1) is 15.9. The van der Waals surface area contributed by atoms with Gasteiger partial charge in [-0.1, -0.05) is 6.07 Å². The number of carbonyl (C=O) groups is 1. The molecule has 0 radical (unpaired) electrons. The zero-order valence-corrected chi connectivity index (χ0v) is 12.8. The number of amides is 1. The highest BCUT2D eigenvalue weighted by Crippen LogP contribution is 2.23. The Morgan fingerprint density at radius 2 is 1.88 bits per heavy atom. The second-order valence-electron chi connectivity index (χ2n) is 5.28. The van der Waals surface area contributed by atoms with Crippen molar-refractivity contribution in [3.05, 3.63) is 77.8 Å². The van der Waals surface area contributed by atoms with Gasteiger partial charge < -0.3 is 9.73 Å². The number of halogens is 2. The first-order valence-electron chi connectivity index (χ1n) is 7.31. The van der Waals surface area contributed by atoms with Crippen molar-refractivity contribution in [3.63, 3.8) is 0 Å². The highest BCUT2D eigenvalue weighted by atomic mass is 19.1. The molecule has 0 saturated carbocycles. The molecule has 1 unspecified atom stereocenters. The number of aromatic nitrogens is 1. The lowest BCUT2D eigenvalue weighted by atomic mass is 10.2. The van der Waals surface area contributed by atoms with Crippen molar-refractivity contribution >= 4 is 5.91 Å². The minimum atomic E-state index is -0.505. The lowest BCUT2D eigenvalue weighted by molar-refractivity contribution is 0.0934. The van der Waals surface area contributed by atoms with Crippen LogP contribution < -0.4 is 5.32 Å². The van der Waals surface area contributed by atoms with E-state index in [9.17, 15) is 13.6 Å². The number of benzene rings is 2. The van der Waals surface area contributed by atoms with Gasteiger partial charge >= 0.3 is 0 Å². The third kappa shape index (κ3) is 3.48. The fraction of sp³-hybridized carbons (Fsp3) is 0.111. The number of rotatable bonds is 4. The van der Waals surface area contributed by atoms with Crippen LogP contribution in [0, 0.1) is 11.6 Å². The van der Waals surface area contributed by atoms with Crippen molar-refractivity contribution in [3.8, 4) is 11.3 Å². The Morgan fingerprint density at radius 3 is 2.58 bits per heavy atom. The number of hydrogen-bond acceptors (Lipinski definition) is 3. The fourth-order valence-electron chi connectivity index (χ4n) is 2.21. The van der Waals surface area contributed by atoms with E-state index >= 15 is 0 Å². The summed E-state index contributed by atoms with van der Waals surface area (Å²) in [5.74, 6) is -0.473. The first-order valence-corrected chi connectivity index (χ1v) is 7.31. The van der Waals surface area contributed by atoms with E-state index in [0.29, 0.717) is 17.2 Å². The van der Waals surface area contributed by atoms with E-state index in [-0.39, 0.29) is 11.4 Å². The molecule has 1 atom stereocenters. The third-order valence-corrected chi connectivity index (χ3v) is 3.46. The van der Waals surface area contributed by atoms with Gasteiger partial charge in [0.25, 0.3) is 5.91 Å². The van der Waals surface area contributed by atoms with Crippen LogP contribution in [-0.4, -0.2) is 10.9 Å². The predicted molar refractivity (Wildman–Crippen MR) is 84.2 cm³/mol. The molecule has 1 aromatic heterocycles. The SMILES string of the molecule is CC(NC(=O)c1cccc(F)c1)c1ncc(-c2ccc(F)cc2)o1. The summed E-state index contributed by atoms with van der Waals surface area (Å²) in [6, 6.07) is 10.7. The minimum Gasteiger partial charge on any atom is -0.438 e. The molecule has 122 valence electrons. The largest absolute Gasteiger partial charge is 0.438 e. The summed E-state index contributed by atoms with van der Waals surface area (Å²) in [7, 11) is 0. The van der Waals surface area contributed by atoms with Crippen LogP contribution in [0.3, 0.4) is 0 Å². The summed E-state index contributed by atoms with van der Waals surface area (Å²) >= 11 is 0. The molecule has 1 amide bonds. The molecule has 6 heteroatoms. The average Bonchev–Trinajstić information content (AvgIpc) is 3.05. The van der Waals surface area contributed by atoms with Crippen LogP contribution in [0.1, 0.15) is 29.2 Å². The van der Waals surface area contributed by atoms with Crippen molar-refractivity contribution in [2.75, 3.05) is 0 Å². The molecule has 0 aliphatic rings. The molecule has 0 spiro atoms. The normalized spacial score (nSPS) is 12.0. The third-order valence-electron chi connectivity index (χ3n) is 3.46. The maximum atomic E-state index is 13.2. The van der Waals surface area contributed by atoms with Crippen molar-refractivity contribution in [1.29, 1.82) is 0 Å². The maximum Gasteiger partial charge on any atom is 0.252 e. The molecule has 2 aromatic carbocycles. The zero-order valence-electron chi connectivity index (χ0n) is 12.8. The van der Waals surface area contributed by atoms with Gasteiger partial charge in [0, 0.05) is 11.1 Å². The summed E-state index contributed by atoms with van der Waals surface area (Å²) < 4.78 is 31.7. The van der Waals surface area contributed by atoms with Gasteiger partial charge in [0.05, 0.1) is 6.20 Å². The Kier molecular flexibility index (Phi) is 4.37. The summed E-state index contributed by atoms with van der Waals surface area (Å²) in [6.07, 6.45) is 1.51. The Bertz CT molecular complexity index is 859. The van der Waals surface area contributed by atoms with Crippen LogP contribution in [0.5, 0.6) is 0 Å². The predicted octanol–water partition coefficient (Wildman–Crippen LogP) is 4.11. The van der Waals surface area contributed by atoms with Gasteiger partial charge in [-0.3, -0.25) is 4.79 Å². The van der Waals surface area contributed by atoms with Crippen LogP contribution in [0.4, 0.5) is 8.78 Å². The van der Waals surface area contributed by atoms with Crippen molar-refractivity contribution in [2.24, 2.45) is 0 Å². The van der Waals surface area contributed by atoms with Crippen LogP contribution in [0.15, 0.2) is 59.1 Å². The van der Waals surface area contributed by atoms with Crippen molar-refractivity contribution < 1.29 is 18.0 Å². The molecule has 3 aromatic rings. The Balaban J connectivity index is 1.73. The van der Waals surface area contributed by atoms with Gasteiger partial charge in [-0.05, 0) is 49.4 Å². The lowest BCUT2D eigenvalue weighted by Crippen LogP contribution is -2.26. The second-order valence-corrected chi connectivity index (χ2v) is 5.28. The van der Waals surface area contributed by atoms with Gasteiger partial charge in [-0.25, -0.2) is 13.8 Å². The fourth-order valence-corrected chi connectivity index (χ4v) is 2.21. The van der Waals surface area contributed by atoms with E-state index in [2.05, 4.69) is 10.3 Å². The van der Waals surface area contributed by atoms with E-state index in [1.54, 1.807) is 19.1 Å². The summed E-state index contributed by atoms with van der Waals surface area (Å²) in [4.78, 5) is 16.2. The Labute approximate surface area is 137 Å². The molecule has 24 heavy (non-hydrogen) atoms. The molecule has 0 saturated heterocycles. The van der Waals surface area contributed by atoms with Crippen molar-refractivity contribution in [1.82, 2.24) is 10.3 Å². The second kappa shape index (κ2) is 6.62. The van der Waals surface area contributed by atoms with Gasteiger partial charge in [-0.2, -0.15) is 0 Å². The summed E-state index contributed by atoms with van der Waals surface area (Å²) in [5.41, 5.74) is 0.894. The molecule has 0 fully saturated rings. The van der Waals surface area contributed by atoms with E-state index in [0.717, 1.165) is 6.07 Å². The van der Waals surface area contributed by atoms with Crippen LogP contribution >= 0.6 is 0 Å². The molecule has 3 rings (SSSR count). The van der Waals surface area contributed by atoms with Crippen LogP contribution in [-0.2, 0) is 0 Å². The number of nitrogens with zero attached hydrogens (tertiary/aromatic N) is 1. The Hall–Kier alpha value is -3.02. The van der Waals surface area contributed by atoms with E-state index < -0.39 is 17.8 Å². The molecule has 1 heterocycles. The monoisotopic (exact) mass is 328 g/mol. The summed E-state index contributed by atoms with van der Waals surface area (Å²) in [6.45, 7) is 1.71. The van der Waals surface area contributed by atoms with Gasteiger partial charge in [0.2, 0.25) is 5.89 Å². The van der Waals surface area contributed by atoms with E-state index in [4.69, 9.17) is 4.42 Å². The smallest absolute Gasteiger partial charge is 0.252 e. The van der Waals surface area contributed by atoms with Gasteiger partial charge in [0.1, 0.15) is 17.7 Å². The Morgan fingerprint density at radius 1 is 1.12 bits per heavy atom. The standard InChI is InChI=1S/C18H14F2N2O2/c1-11(22-17(23)13-3-2-4-15(20)9-13)18-21-10-16(24-18)12-5-7-14(19)8-6-12/h2-11H,1H3,(H,22,23). The average molecular weight is 328 g/mol. The quantitative estimate of drug-likeness (QED) is 0.784. The molecule has 0 bridgehead atoms. The molecule has 0 aliphatic heterocycles. The molecule has 1 N–H and O–H groups in total. The van der Waals surface area contributed by atoms with E-state index in [1.165, 1.54) is 36.5 Å².